The predicted octanol–water partition coefficient (Wildman–Crippen LogP) is 1.65. The van der Waals surface area contributed by atoms with E-state index in [1.54, 1.807) is 12.4 Å². The lowest BCUT2D eigenvalue weighted by molar-refractivity contribution is 0.696. The highest BCUT2D eigenvalue weighted by atomic mass is 16.1. The number of rotatable bonds is 4. The van der Waals surface area contributed by atoms with Gasteiger partial charge in [0.15, 0.2) is 5.82 Å². The summed E-state index contributed by atoms with van der Waals surface area (Å²) in [5.41, 5.74) is 0.0401. The number of hydrogen-bond acceptors (Lipinski definition) is 3. The fourth-order valence-electron chi connectivity index (χ4n) is 2.10. The number of nitrogens with one attached hydrogen (secondary N) is 1. The first kappa shape index (κ1) is 9.87. The highest BCUT2D eigenvalue weighted by molar-refractivity contribution is 5.31. The van der Waals surface area contributed by atoms with Crippen LogP contribution in [0.3, 0.4) is 0 Å². The van der Waals surface area contributed by atoms with E-state index in [0.717, 1.165) is 31.2 Å². The first-order valence-corrected chi connectivity index (χ1v) is 6.06. The van der Waals surface area contributed by atoms with Crippen LogP contribution in [-0.4, -0.2) is 16.1 Å². The van der Waals surface area contributed by atoms with Crippen molar-refractivity contribution < 1.29 is 0 Å². The Morgan fingerprint density at radius 3 is 2.94 bits per heavy atom. The molecule has 0 aliphatic heterocycles. The highest BCUT2D eigenvalue weighted by Gasteiger charge is 2.32. The Morgan fingerprint density at radius 1 is 1.56 bits per heavy atom. The van der Waals surface area contributed by atoms with Crippen LogP contribution in [0.25, 0.3) is 0 Å². The molecule has 2 aliphatic rings. The molecule has 2 fully saturated rings. The molecular weight excluding hydrogens is 202 g/mol. The third-order valence-electron chi connectivity index (χ3n) is 3.62. The molecular formula is C12H17N3O. The summed E-state index contributed by atoms with van der Waals surface area (Å²) in [6.07, 6.45) is 7.05. The molecule has 1 aromatic rings. The first-order chi connectivity index (χ1) is 7.75. The minimum Gasteiger partial charge on any atom is -0.365 e. The van der Waals surface area contributed by atoms with Crippen molar-refractivity contribution in [1.82, 2.24) is 9.55 Å². The van der Waals surface area contributed by atoms with Crippen LogP contribution in [0, 0.1) is 11.8 Å². The topological polar surface area (TPSA) is 46.9 Å². The van der Waals surface area contributed by atoms with Crippen LogP contribution in [0.4, 0.5) is 5.82 Å². The van der Waals surface area contributed by atoms with E-state index in [0.29, 0.717) is 11.9 Å². The normalized spacial score (nSPS) is 27.8. The van der Waals surface area contributed by atoms with E-state index >= 15 is 0 Å². The summed E-state index contributed by atoms with van der Waals surface area (Å²) in [5.74, 6) is 2.06. The second-order valence-corrected chi connectivity index (χ2v) is 5.07. The van der Waals surface area contributed by atoms with Gasteiger partial charge in [0.1, 0.15) is 0 Å². The minimum atomic E-state index is 0.0401. The average molecular weight is 219 g/mol. The zero-order chi connectivity index (χ0) is 11.1. The van der Waals surface area contributed by atoms with Crippen molar-refractivity contribution in [2.24, 2.45) is 11.8 Å². The molecule has 0 amide bonds. The van der Waals surface area contributed by atoms with Crippen LogP contribution in [0.2, 0.25) is 0 Å². The van der Waals surface area contributed by atoms with E-state index < -0.39 is 0 Å². The molecule has 4 nitrogen and oxygen atoms in total. The van der Waals surface area contributed by atoms with Gasteiger partial charge in [-0.3, -0.25) is 4.79 Å². The molecule has 1 heterocycles. The molecule has 86 valence electrons. The fraction of sp³-hybridized carbons (Fsp3) is 0.667. The minimum absolute atomic E-state index is 0.0401. The van der Waals surface area contributed by atoms with Gasteiger partial charge in [0, 0.05) is 25.0 Å². The summed E-state index contributed by atoms with van der Waals surface area (Å²) in [6.45, 7) is 3.13. The predicted molar refractivity (Wildman–Crippen MR) is 62.5 cm³/mol. The van der Waals surface area contributed by atoms with Crippen LogP contribution in [0.5, 0.6) is 0 Å². The lowest BCUT2D eigenvalue weighted by atomic mass is 10.3. The quantitative estimate of drug-likeness (QED) is 0.837. The lowest BCUT2D eigenvalue weighted by Crippen LogP contribution is -2.24. The molecule has 0 aromatic carbocycles. The summed E-state index contributed by atoms with van der Waals surface area (Å²) >= 11 is 0. The summed E-state index contributed by atoms with van der Waals surface area (Å²) < 4.78 is 1.81. The summed E-state index contributed by atoms with van der Waals surface area (Å²) in [5, 5.41) is 3.18. The summed E-state index contributed by atoms with van der Waals surface area (Å²) in [7, 11) is 0. The van der Waals surface area contributed by atoms with E-state index in [4.69, 9.17) is 0 Å². The van der Waals surface area contributed by atoms with Gasteiger partial charge in [0.05, 0.1) is 0 Å². The monoisotopic (exact) mass is 219 g/mol. The number of aromatic nitrogens is 2. The van der Waals surface area contributed by atoms with Gasteiger partial charge in [0.2, 0.25) is 0 Å². The van der Waals surface area contributed by atoms with Crippen LogP contribution in [-0.2, 0) is 0 Å². The second-order valence-electron chi connectivity index (χ2n) is 5.07. The van der Waals surface area contributed by atoms with Crippen molar-refractivity contribution in [3.05, 3.63) is 22.7 Å². The van der Waals surface area contributed by atoms with Gasteiger partial charge in [-0.25, -0.2) is 4.98 Å². The second kappa shape index (κ2) is 3.61. The van der Waals surface area contributed by atoms with E-state index in [-0.39, 0.29) is 5.56 Å². The number of anilines is 1. The molecule has 1 aromatic heterocycles. The molecule has 0 spiro atoms. The van der Waals surface area contributed by atoms with Crippen molar-refractivity contribution in [3.63, 3.8) is 0 Å². The van der Waals surface area contributed by atoms with E-state index in [2.05, 4.69) is 17.2 Å². The Balaban J connectivity index is 1.73. The smallest absolute Gasteiger partial charge is 0.293 e. The lowest BCUT2D eigenvalue weighted by Gasteiger charge is -2.07. The van der Waals surface area contributed by atoms with Gasteiger partial charge in [0.25, 0.3) is 5.56 Å². The zero-order valence-corrected chi connectivity index (χ0v) is 9.52. The molecule has 2 aliphatic carbocycles. The molecule has 3 rings (SSSR count). The molecule has 4 heteroatoms. The van der Waals surface area contributed by atoms with E-state index in [1.807, 2.05) is 4.57 Å². The molecule has 0 bridgehead atoms. The Morgan fingerprint density at radius 2 is 2.31 bits per heavy atom. The van der Waals surface area contributed by atoms with Crippen LogP contribution in [0.15, 0.2) is 17.2 Å². The highest BCUT2D eigenvalue weighted by Crippen LogP contribution is 2.37. The summed E-state index contributed by atoms with van der Waals surface area (Å²) in [4.78, 5) is 16.1. The van der Waals surface area contributed by atoms with E-state index in [9.17, 15) is 4.79 Å². The molecule has 16 heavy (non-hydrogen) atoms. The van der Waals surface area contributed by atoms with Crippen LogP contribution < -0.4 is 10.9 Å². The van der Waals surface area contributed by atoms with Crippen molar-refractivity contribution in [2.75, 3.05) is 11.9 Å². The Bertz CT molecular complexity index is 450. The molecule has 2 atom stereocenters. The SMILES string of the molecule is CC1CC1CNc1nccn(C2CC2)c1=O. The van der Waals surface area contributed by atoms with Gasteiger partial charge < -0.3 is 9.88 Å². The van der Waals surface area contributed by atoms with Gasteiger partial charge >= 0.3 is 0 Å². The maximum atomic E-state index is 12.0. The standard InChI is InChI=1S/C12H17N3O/c1-8-6-9(8)7-14-11-12(16)15(5-4-13-11)10-2-3-10/h4-5,8-10H,2-3,6-7H2,1H3,(H,13,14). The molecule has 2 saturated carbocycles. The summed E-state index contributed by atoms with van der Waals surface area (Å²) in [6, 6.07) is 0.427. The van der Waals surface area contributed by atoms with Gasteiger partial charge in [-0.2, -0.15) is 0 Å². The van der Waals surface area contributed by atoms with Crippen LogP contribution >= 0.6 is 0 Å². The zero-order valence-electron chi connectivity index (χ0n) is 9.52. The maximum absolute atomic E-state index is 12.0. The Labute approximate surface area is 94.7 Å². The number of nitrogens with zero attached hydrogens (tertiary/aromatic N) is 2. The van der Waals surface area contributed by atoms with E-state index in [1.165, 1.54) is 6.42 Å². The average Bonchev–Trinajstić information content (AvgIpc) is 3.14. The Hall–Kier alpha value is -1.32. The molecule has 0 radical (unpaired) electrons. The van der Waals surface area contributed by atoms with Crippen LogP contribution in [0.1, 0.15) is 32.2 Å². The fourth-order valence-corrected chi connectivity index (χ4v) is 2.10. The van der Waals surface area contributed by atoms with Crippen molar-refractivity contribution in [2.45, 2.75) is 32.2 Å². The van der Waals surface area contributed by atoms with Gasteiger partial charge in [-0.05, 0) is 31.1 Å². The third-order valence-corrected chi connectivity index (χ3v) is 3.62. The Kier molecular flexibility index (Phi) is 2.23. The first-order valence-electron chi connectivity index (χ1n) is 6.06. The van der Waals surface area contributed by atoms with Crippen molar-refractivity contribution >= 4 is 5.82 Å². The number of hydrogen-bond donors (Lipinski definition) is 1. The van der Waals surface area contributed by atoms with Crippen molar-refractivity contribution in [1.29, 1.82) is 0 Å². The molecule has 2 unspecified atom stereocenters. The maximum Gasteiger partial charge on any atom is 0.293 e. The third kappa shape index (κ3) is 1.84. The largest absolute Gasteiger partial charge is 0.365 e. The van der Waals surface area contributed by atoms with Gasteiger partial charge in [-0.15, -0.1) is 0 Å². The van der Waals surface area contributed by atoms with Crippen molar-refractivity contribution in [3.8, 4) is 0 Å². The molecule has 1 N–H and O–H groups in total. The molecule has 0 saturated heterocycles. The van der Waals surface area contributed by atoms with Gasteiger partial charge in [-0.1, -0.05) is 6.92 Å².